The van der Waals surface area contributed by atoms with E-state index in [1.165, 1.54) is 0 Å². The Hall–Kier alpha value is -2.27. The van der Waals surface area contributed by atoms with Crippen molar-refractivity contribution in [2.24, 2.45) is 0 Å². The van der Waals surface area contributed by atoms with Crippen LogP contribution in [0.2, 0.25) is 0 Å². The normalized spacial score (nSPS) is 12.8. The van der Waals surface area contributed by atoms with Crippen LogP contribution in [0.3, 0.4) is 0 Å². The number of benzene rings is 2. The monoisotopic (exact) mass is 286 g/mol. The number of hydrogen-bond donors (Lipinski definition) is 1. The maximum absolute atomic E-state index is 6.01. The van der Waals surface area contributed by atoms with Crippen LogP contribution in [-0.4, -0.2) is 18.7 Å². The molecule has 0 spiro atoms. The molecule has 0 fully saturated rings. The molecule has 0 saturated heterocycles. The number of anilines is 3. The third-order valence-electron chi connectivity index (χ3n) is 3.11. The van der Waals surface area contributed by atoms with Gasteiger partial charge in [-0.3, -0.25) is 0 Å². The number of thiocarbonyl (C=S) groups is 1. The highest BCUT2D eigenvalue weighted by molar-refractivity contribution is 7.79. The first-order valence-corrected chi connectivity index (χ1v) is 6.75. The number of ether oxygens (including phenoxy) is 2. The van der Waals surface area contributed by atoms with Crippen LogP contribution >= 0.6 is 12.2 Å². The highest BCUT2D eigenvalue weighted by Gasteiger charge is 2.15. The summed E-state index contributed by atoms with van der Waals surface area (Å²) in [4.78, 5) is 1.85. The fraction of sp³-hybridized carbons (Fsp3) is 0.133. The Morgan fingerprint density at radius 3 is 2.55 bits per heavy atom. The molecule has 2 aromatic rings. The van der Waals surface area contributed by atoms with Gasteiger partial charge >= 0.3 is 0 Å². The number of hydrogen-bond acceptors (Lipinski definition) is 4. The van der Waals surface area contributed by atoms with Crippen LogP contribution in [-0.2, 0) is 0 Å². The van der Waals surface area contributed by atoms with Crippen molar-refractivity contribution < 1.29 is 9.47 Å². The molecule has 20 heavy (non-hydrogen) atoms. The molecule has 1 aliphatic rings. The largest absolute Gasteiger partial charge is 0.486 e. The van der Waals surface area contributed by atoms with Crippen LogP contribution in [0.4, 0.5) is 17.1 Å². The minimum absolute atomic E-state index is 0.557. The highest BCUT2D eigenvalue weighted by atomic mass is 32.1. The maximum Gasteiger partial charge on any atom is 0.163 e. The summed E-state index contributed by atoms with van der Waals surface area (Å²) in [5.74, 6) is 1.48. The van der Waals surface area contributed by atoms with Crippen LogP contribution in [0.1, 0.15) is 0 Å². The average Bonchev–Trinajstić information content (AvgIpc) is 2.50. The first-order chi connectivity index (χ1) is 9.79. The lowest BCUT2D eigenvalue weighted by Gasteiger charge is -2.24. The number of rotatable bonds is 3. The molecule has 0 aromatic heterocycles. The molecule has 0 atom stereocenters. The predicted molar refractivity (Wildman–Crippen MR) is 84.1 cm³/mol. The first-order valence-electron chi connectivity index (χ1n) is 6.28. The maximum atomic E-state index is 6.01. The molecule has 2 N–H and O–H groups in total. The van der Waals surface area contributed by atoms with Crippen molar-refractivity contribution in [3.8, 4) is 11.5 Å². The van der Waals surface area contributed by atoms with Gasteiger partial charge in [0.1, 0.15) is 13.2 Å². The lowest BCUT2D eigenvalue weighted by atomic mass is 10.2. The number of fused-ring (bicyclic) bond motifs is 1. The second-order valence-electron chi connectivity index (χ2n) is 4.36. The van der Waals surface area contributed by atoms with Crippen LogP contribution in [0, 0.1) is 0 Å². The fourth-order valence-electron chi connectivity index (χ4n) is 2.15. The molecular formula is C15H14N2O2S. The zero-order chi connectivity index (χ0) is 13.9. The molecule has 0 bridgehead atoms. The Morgan fingerprint density at radius 1 is 1.05 bits per heavy atom. The van der Waals surface area contributed by atoms with Crippen LogP contribution in [0.25, 0.3) is 0 Å². The van der Waals surface area contributed by atoms with E-state index in [0.29, 0.717) is 18.9 Å². The molecule has 1 heterocycles. The number of nitrogens with two attached hydrogens (primary N) is 1. The number of para-hydroxylation sites is 2. The van der Waals surface area contributed by atoms with Gasteiger partial charge < -0.3 is 20.1 Å². The summed E-state index contributed by atoms with van der Waals surface area (Å²) in [6.45, 7) is 1.14. The van der Waals surface area contributed by atoms with Crippen molar-refractivity contribution in [1.29, 1.82) is 0 Å². The smallest absolute Gasteiger partial charge is 0.163 e. The van der Waals surface area contributed by atoms with E-state index in [4.69, 9.17) is 27.4 Å². The summed E-state index contributed by atoms with van der Waals surface area (Å²) >= 11 is 5.13. The summed E-state index contributed by atoms with van der Waals surface area (Å²) in [7, 11) is 0. The summed E-state index contributed by atoms with van der Waals surface area (Å²) in [5, 5.41) is 0. The molecule has 0 saturated carbocycles. The van der Waals surface area contributed by atoms with Gasteiger partial charge in [-0.1, -0.05) is 24.4 Å². The van der Waals surface area contributed by atoms with Gasteiger partial charge in [0.25, 0.3) is 0 Å². The summed E-state index contributed by atoms with van der Waals surface area (Å²) in [6, 6.07) is 13.3. The standard InChI is InChI=1S/C15H14N2O2S/c16-12-3-1-2-4-13(12)17(10-20)11-5-6-14-15(9-11)19-8-7-18-14/h1-6,9-10H,7-8,16H2. The molecule has 1 aliphatic heterocycles. The average molecular weight is 286 g/mol. The van der Waals surface area contributed by atoms with Gasteiger partial charge in [-0.25, -0.2) is 0 Å². The van der Waals surface area contributed by atoms with Gasteiger partial charge in [0.05, 0.1) is 22.6 Å². The minimum atomic E-state index is 0.557. The molecule has 3 rings (SSSR count). The molecule has 0 aliphatic carbocycles. The molecule has 102 valence electrons. The quantitative estimate of drug-likeness (QED) is 0.694. The zero-order valence-electron chi connectivity index (χ0n) is 10.8. The topological polar surface area (TPSA) is 47.7 Å². The van der Waals surface area contributed by atoms with Crippen molar-refractivity contribution in [3.63, 3.8) is 0 Å². The first kappa shape index (κ1) is 12.7. The Bertz CT molecular complexity index is 646. The van der Waals surface area contributed by atoms with E-state index in [1.807, 2.05) is 47.4 Å². The van der Waals surface area contributed by atoms with Crippen molar-refractivity contribution in [1.82, 2.24) is 0 Å². The molecule has 2 aromatic carbocycles. The number of nitrogen functional groups attached to an aromatic ring is 1. The van der Waals surface area contributed by atoms with Gasteiger partial charge in [0, 0.05) is 6.07 Å². The summed E-state index contributed by atoms with van der Waals surface area (Å²) in [6.07, 6.45) is 0. The van der Waals surface area contributed by atoms with Gasteiger partial charge in [0.15, 0.2) is 11.5 Å². The van der Waals surface area contributed by atoms with Crippen molar-refractivity contribution in [2.75, 3.05) is 23.8 Å². The van der Waals surface area contributed by atoms with Crippen LogP contribution < -0.4 is 20.1 Å². The van der Waals surface area contributed by atoms with E-state index >= 15 is 0 Å². The minimum Gasteiger partial charge on any atom is -0.486 e. The Kier molecular flexibility index (Phi) is 3.43. The van der Waals surface area contributed by atoms with Gasteiger partial charge in [-0.15, -0.1) is 0 Å². The van der Waals surface area contributed by atoms with E-state index in [-0.39, 0.29) is 0 Å². The molecule has 0 radical (unpaired) electrons. The third-order valence-corrected chi connectivity index (χ3v) is 3.32. The SMILES string of the molecule is Nc1ccccc1N(C=S)c1ccc2c(c1)OCCO2. The molecular weight excluding hydrogens is 272 g/mol. The second-order valence-corrected chi connectivity index (χ2v) is 4.57. The lowest BCUT2D eigenvalue weighted by molar-refractivity contribution is 0.171. The Labute approximate surface area is 122 Å². The van der Waals surface area contributed by atoms with Gasteiger partial charge in [-0.05, 0) is 24.3 Å². The predicted octanol–water partition coefficient (Wildman–Crippen LogP) is 3.14. The van der Waals surface area contributed by atoms with Crippen molar-refractivity contribution in [3.05, 3.63) is 42.5 Å². The molecule has 0 unspecified atom stereocenters. The third kappa shape index (κ3) is 2.28. The Morgan fingerprint density at radius 2 is 1.80 bits per heavy atom. The van der Waals surface area contributed by atoms with E-state index < -0.39 is 0 Å². The second kappa shape index (κ2) is 5.38. The van der Waals surface area contributed by atoms with Crippen LogP contribution in [0.15, 0.2) is 42.5 Å². The van der Waals surface area contributed by atoms with E-state index in [0.717, 1.165) is 22.9 Å². The van der Waals surface area contributed by atoms with Crippen LogP contribution in [0.5, 0.6) is 11.5 Å². The zero-order valence-corrected chi connectivity index (χ0v) is 11.6. The number of nitrogens with zero attached hydrogens (tertiary/aromatic N) is 1. The fourth-order valence-corrected chi connectivity index (χ4v) is 2.38. The van der Waals surface area contributed by atoms with E-state index in [9.17, 15) is 0 Å². The summed E-state index contributed by atoms with van der Waals surface area (Å²) in [5.41, 5.74) is 9.98. The van der Waals surface area contributed by atoms with Gasteiger partial charge in [0.2, 0.25) is 0 Å². The summed E-state index contributed by atoms with van der Waals surface area (Å²) < 4.78 is 11.1. The highest BCUT2D eigenvalue weighted by Crippen LogP contribution is 2.37. The van der Waals surface area contributed by atoms with Gasteiger partial charge in [-0.2, -0.15) is 0 Å². The molecule has 5 heteroatoms. The van der Waals surface area contributed by atoms with Crippen molar-refractivity contribution in [2.45, 2.75) is 0 Å². The van der Waals surface area contributed by atoms with E-state index in [1.54, 1.807) is 5.49 Å². The van der Waals surface area contributed by atoms with E-state index in [2.05, 4.69) is 0 Å². The molecule has 0 amide bonds. The molecule has 4 nitrogen and oxygen atoms in total. The van der Waals surface area contributed by atoms with Crippen molar-refractivity contribution >= 4 is 34.8 Å². The Balaban J connectivity index is 2.02. The lowest BCUT2D eigenvalue weighted by Crippen LogP contribution is -2.17.